The summed E-state index contributed by atoms with van der Waals surface area (Å²) < 4.78 is 5.40. The maximum atomic E-state index is 12.2. The Labute approximate surface area is 143 Å². The average Bonchev–Trinajstić information content (AvgIpc) is 2.55. The van der Waals surface area contributed by atoms with Gasteiger partial charge in [0, 0.05) is 38.4 Å². The third kappa shape index (κ3) is 5.21. The maximum Gasteiger partial charge on any atom is 0.239 e. The van der Waals surface area contributed by atoms with Crippen molar-refractivity contribution in [1.82, 2.24) is 14.9 Å². The first-order valence-electron chi connectivity index (χ1n) is 7.90. The van der Waals surface area contributed by atoms with Gasteiger partial charge < -0.3 is 20.3 Å². The van der Waals surface area contributed by atoms with Crippen molar-refractivity contribution in [2.24, 2.45) is 5.73 Å². The molecule has 0 bridgehead atoms. The molecule has 1 aromatic heterocycles. The molecule has 1 amide bonds. The number of nitrogens with two attached hydrogens (primary N) is 1. The molecule has 0 spiro atoms. The van der Waals surface area contributed by atoms with E-state index in [4.69, 9.17) is 10.5 Å². The molecule has 1 saturated heterocycles. The van der Waals surface area contributed by atoms with Gasteiger partial charge in [0.2, 0.25) is 17.7 Å². The second kappa shape index (κ2) is 9.52. The van der Waals surface area contributed by atoms with Gasteiger partial charge in [-0.25, -0.2) is 4.98 Å². The summed E-state index contributed by atoms with van der Waals surface area (Å²) in [7, 11) is 0. The Kier molecular flexibility index (Phi) is 8.05. The Balaban J connectivity index is 0.00000264. The van der Waals surface area contributed by atoms with E-state index in [1.807, 2.05) is 18.7 Å². The molecular formula is C15H26ClN5O2. The summed E-state index contributed by atoms with van der Waals surface area (Å²) in [6.45, 7) is 7.25. The molecule has 1 unspecified atom stereocenters. The Hall–Kier alpha value is -1.60. The number of nitrogens with zero attached hydrogens (tertiary/aromatic N) is 4. The monoisotopic (exact) mass is 343 g/mol. The number of halogens is 1. The second-order valence-corrected chi connectivity index (χ2v) is 5.34. The number of piperazine rings is 1. The number of carbonyl (C=O) groups is 1. The van der Waals surface area contributed by atoms with E-state index in [-0.39, 0.29) is 24.4 Å². The molecule has 130 valence electrons. The van der Waals surface area contributed by atoms with E-state index in [1.54, 1.807) is 12.3 Å². The van der Waals surface area contributed by atoms with Crippen molar-refractivity contribution < 1.29 is 9.53 Å². The zero-order valence-corrected chi connectivity index (χ0v) is 14.6. The Morgan fingerprint density at radius 2 is 2.04 bits per heavy atom. The van der Waals surface area contributed by atoms with Gasteiger partial charge >= 0.3 is 0 Å². The molecule has 1 atom stereocenters. The number of ether oxygens (including phenoxy) is 1. The lowest BCUT2D eigenvalue weighted by Gasteiger charge is -2.35. The highest BCUT2D eigenvalue weighted by atomic mass is 35.5. The summed E-state index contributed by atoms with van der Waals surface area (Å²) in [4.78, 5) is 24.8. The fraction of sp³-hybridized carbons (Fsp3) is 0.667. The zero-order chi connectivity index (χ0) is 15.9. The van der Waals surface area contributed by atoms with E-state index in [0.29, 0.717) is 44.6 Å². The molecule has 0 aromatic carbocycles. The lowest BCUT2D eigenvalue weighted by atomic mass is 10.1. The van der Waals surface area contributed by atoms with Crippen molar-refractivity contribution in [2.75, 3.05) is 37.7 Å². The number of carbonyl (C=O) groups excluding carboxylic acids is 1. The molecule has 1 aliphatic rings. The molecule has 1 fully saturated rings. The smallest absolute Gasteiger partial charge is 0.239 e. The third-order valence-corrected chi connectivity index (χ3v) is 3.70. The van der Waals surface area contributed by atoms with Crippen LogP contribution in [0.1, 0.15) is 26.7 Å². The van der Waals surface area contributed by atoms with Crippen LogP contribution in [0.2, 0.25) is 0 Å². The van der Waals surface area contributed by atoms with Crippen LogP contribution in [-0.4, -0.2) is 59.6 Å². The second-order valence-electron chi connectivity index (χ2n) is 5.34. The Bertz CT molecular complexity index is 495. The van der Waals surface area contributed by atoms with E-state index in [1.165, 1.54) is 0 Å². The minimum absolute atomic E-state index is 0. The van der Waals surface area contributed by atoms with E-state index in [9.17, 15) is 4.79 Å². The lowest BCUT2D eigenvalue weighted by molar-refractivity contribution is -0.133. The minimum atomic E-state index is -0.380. The minimum Gasteiger partial charge on any atom is -0.478 e. The quantitative estimate of drug-likeness (QED) is 0.831. The summed E-state index contributed by atoms with van der Waals surface area (Å²) in [5.74, 6) is 1.28. The topological polar surface area (TPSA) is 84.6 Å². The molecule has 1 aliphatic heterocycles. The standard InChI is InChI=1S/C15H25N5O2.ClH/c1-3-5-12(16)14(21)19-8-10-20(11-9-19)15-17-7-6-13(18-15)22-4-2;/h6-7,12H,3-5,8-11,16H2,1-2H3;1H. The molecule has 7 nitrogen and oxygen atoms in total. The number of hydrogen-bond donors (Lipinski definition) is 1. The summed E-state index contributed by atoms with van der Waals surface area (Å²) >= 11 is 0. The number of anilines is 1. The predicted molar refractivity (Wildman–Crippen MR) is 92.1 cm³/mol. The van der Waals surface area contributed by atoms with Crippen LogP contribution in [0.15, 0.2) is 12.3 Å². The van der Waals surface area contributed by atoms with Crippen LogP contribution in [0, 0.1) is 0 Å². The van der Waals surface area contributed by atoms with Crippen molar-refractivity contribution in [3.05, 3.63) is 12.3 Å². The van der Waals surface area contributed by atoms with Crippen molar-refractivity contribution in [1.29, 1.82) is 0 Å². The summed E-state index contributed by atoms with van der Waals surface area (Å²) in [5.41, 5.74) is 5.91. The van der Waals surface area contributed by atoms with Gasteiger partial charge in [0.05, 0.1) is 12.6 Å². The van der Waals surface area contributed by atoms with Crippen molar-refractivity contribution in [2.45, 2.75) is 32.7 Å². The van der Waals surface area contributed by atoms with E-state index in [2.05, 4.69) is 14.9 Å². The normalized spacial score (nSPS) is 15.8. The van der Waals surface area contributed by atoms with Crippen LogP contribution >= 0.6 is 12.4 Å². The van der Waals surface area contributed by atoms with Crippen molar-refractivity contribution in [3.8, 4) is 5.88 Å². The van der Waals surface area contributed by atoms with E-state index >= 15 is 0 Å². The first-order valence-corrected chi connectivity index (χ1v) is 7.90. The number of hydrogen-bond acceptors (Lipinski definition) is 6. The van der Waals surface area contributed by atoms with Crippen LogP contribution in [0.25, 0.3) is 0 Å². The van der Waals surface area contributed by atoms with Crippen LogP contribution in [0.4, 0.5) is 5.95 Å². The van der Waals surface area contributed by atoms with Crippen LogP contribution in [0.5, 0.6) is 5.88 Å². The molecule has 2 heterocycles. The molecule has 2 N–H and O–H groups in total. The van der Waals surface area contributed by atoms with Crippen molar-refractivity contribution >= 4 is 24.3 Å². The highest BCUT2D eigenvalue weighted by Crippen LogP contribution is 2.15. The molecular weight excluding hydrogens is 318 g/mol. The first-order chi connectivity index (χ1) is 10.7. The van der Waals surface area contributed by atoms with Gasteiger partial charge in [-0.05, 0) is 13.3 Å². The fourth-order valence-electron chi connectivity index (χ4n) is 2.51. The van der Waals surface area contributed by atoms with Crippen LogP contribution in [-0.2, 0) is 4.79 Å². The third-order valence-electron chi connectivity index (χ3n) is 3.70. The maximum absolute atomic E-state index is 12.2. The first kappa shape index (κ1) is 19.4. The van der Waals surface area contributed by atoms with E-state index < -0.39 is 0 Å². The van der Waals surface area contributed by atoms with Gasteiger partial charge in [-0.1, -0.05) is 13.3 Å². The van der Waals surface area contributed by atoms with Gasteiger partial charge in [0.25, 0.3) is 0 Å². The average molecular weight is 344 g/mol. The number of amides is 1. The highest BCUT2D eigenvalue weighted by Gasteiger charge is 2.25. The highest BCUT2D eigenvalue weighted by molar-refractivity contribution is 5.85. The van der Waals surface area contributed by atoms with Crippen LogP contribution < -0.4 is 15.4 Å². The molecule has 0 radical (unpaired) electrons. The predicted octanol–water partition coefficient (Wildman–Crippen LogP) is 1.07. The fourth-order valence-corrected chi connectivity index (χ4v) is 2.51. The summed E-state index contributed by atoms with van der Waals surface area (Å²) in [5, 5.41) is 0. The van der Waals surface area contributed by atoms with Crippen LogP contribution in [0.3, 0.4) is 0 Å². The molecule has 0 saturated carbocycles. The van der Waals surface area contributed by atoms with Crippen molar-refractivity contribution in [3.63, 3.8) is 0 Å². The van der Waals surface area contributed by atoms with Gasteiger partial charge in [-0.3, -0.25) is 4.79 Å². The van der Waals surface area contributed by atoms with E-state index in [0.717, 1.165) is 12.8 Å². The number of aromatic nitrogens is 2. The van der Waals surface area contributed by atoms with Gasteiger partial charge in [0.1, 0.15) is 0 Å². The molecule has 23 heavy (non-hydrogen) atoms. The lowest BCUT2D eigenvalue weighted by Crippen LogP contribution is -2.53. The molecule has 8 heteroatoms. The number of rotatable bonds is 6. The Morgan fingerprint density at radius 3 is 2.65 bits per heavy atom. The molecule has 1 aromatic rings. The van der Waals surface area contributed by atoms with Gasteiger partial charge in [-0.2, -0.15) is 4.98 Å². The summed E-state index contributed by atoms with van der Waals surface area (Å²) in [6.07, 6.45) is 3.35. The zero-order valence-electron chi connectivity index (χ0n) is 13.8. The molecule has 2 rings (SSSR count). The SMILES string of the molecule is CCCC(N)C(=O)N1CCN(c2nccc(OCC)n2)CC1.Cl. The van der Waals surface area contributed by atoms with Gasteiger partial charge in [-0.15, -0.1) is 12.4 Å². The largest absolute Gasteiger partial charge is 0.478 e. The molecule has 0 aliphatic carbocycles. The van der Waals surface area contributed by atoms with Gasteiger partial charge in [0.15, 0.2) is 0 Å². The summed E-state index contributed by atoms with van der Waals surface area (Å²) in [6, 6.07) is 1.37. The Morgan fingerprint density at radius 1 is 1.35 bits per heavy atom.